The van der Waals surface area contributed by atoms with Crippen molar-refractivity contribution in [2.75, 3.05) is 0 Å². The number of carbonyl (C=O) groups is 1. The molecule has 2 nitrogen and oxygen atoms in total. The fourth-order valence-corrected chi connectivity index (χ4v) is 1.62. The third-order valence-electron chi connectivity index (χ3n) is 1.95. The van der Waals surface area contributed by atoms with Crippen molar-refractivity contribution in [2.45, 2.75) is 26.5 Å². The first-order valence-corrected chi connectivity index (χ1v) is 5.07. The van der Waals surface area contributed by atoms with Crippen molar-refractivity contribution in [3.8, 4) is 5.75 Å². The van der Waals surface area contributed by atoms with E-state index in [0.717, 1.165) is 16.7 Å². The molecule has 1 aromatic rings. The minimum Gasteiger partial charge on any atom is -0.426 e. The van der Waals surface area contributed by atoms with Crippen LogP contribution >= 0.6 is 12.6 Å². The zero-order valence-corrected chi connectivity index (χ0v) is 9.52. The summed E-state index contributed by atoms with van der Waals surface area (Å²) in [7, 11) is 0. The lowest BCUT2D eigenvalue weighted by atomic mass is 10.1. The summed E-state index contributed by atoms with van der Waals surface area (Å²) in [5.41, 5.74) is 3.09. The molecule has 0 N–H and O–H groups in total. The molecule has 0 atom stereocenters. The van der Waals surface area contributed by atoms with E-state index in [1.54, 1.807) is 0 Å². The molecule has 0 saturated carbocycles. The van der Waals surface area contributed by atoms with Gasteiger partial charge in [0.1, 0.15) is 5.75 Å². The molecule has 0 aliphatic rings. The van der Waals surface area contributed by atoms with Crippen molar-refractivity contribution < 1.29 is 9.53 Å². The topological polar surface area (TPSA) is 26.3 Å². The number of esters is 1. The number of hydrogen-bond donors (Lipinski definition) is 1. The minimum absolute atomic E-state index is 0.283. The lowest BCUT2D eigenvalue weighted by Gasteiger charge is -2.10. The number of hydrogen-bond acceptors (Lipinski definition) is 3. The van der Waals surface area contributed by atoms with Gasteiger partial charge in [-0.15, -0.1) is 0 Å². The normalized spacial score (nSPS) is 10.0. The Kier molecular flexibility index (Phi) is 3.58. The Morgan fingerprint density at radius 3 is 2.21 bits per heavy atom. The molecule has 0 bridgehead atoms. The summed E-state index contributed by atoms with van der Waals surface area (Å²) < 4.78 is 5.11. The van der Waals surface area contributed by atoms with Gasteiger partial charge in [-0.1, -0.05) is 12.1 Å². The smallest absolute Gasteiger partial charge is 0.308 e. The quantitative estimate of drug-likeness (QED) is 0.461. The zero-order chi connectivity index (χ0) is 10.7. The first-order chi connectivity index (χ1) is 6.54. The van der Waals surface area contributed by atoms with Crippen molar-refractivity contribution in [1.82, 2.24) is 0 Å². The van der Waals surface area contributed by atoms with Gasteiger partial charge in [-0.3, -0.25) is 4.79 Å². The van der Waals surface area contributed by atoms with Gasteiger partial charge < -0.3 is 4.74 Å². The van der Waals surface area contributed by atoms with Gasteiger partial charge in [-0.25, -0.2) is 0 Å². The van der Waals surface area contributed by atoms with Crippen molar-refractivity contribution in [2.24, 2.45) is 0 Å². The number of benzene rings is 1. The van der Waals surface area contributed by atoms with Crippen molar-refractivity contribution >= 4 is 18.6 Å². The Morgan fingerprint density at radius 1 is 1.36 bits per heavy atom. The van der Waals surface area contributed by atoms with Crippen LogP contribution in [0.15, 0.2) is 12.1 Å². The lowest BCUT2D eigenvalue weighted by Crippen LogP contribution is -2.04. The summed E-state index contributed by atoms with van der Waals surface area (Å²) in [6.45, 7) is 5.27. The van der Waals surface area contributed by atoms with Gasteiger partial charge in [-0.05, 0) is 30.5 Å². The molecule has 76 valence electrons. The molecule has 0 saturated heterocycles. The summed E-state index contributed by atoms with van der Waals surface area (Å²) >= 11 is 4.20. The van der Waals surface area contributed by atoms with Crippen LogP contribution in [-0.4, -0.2) is 5.97 Å². The molecular weight excluding hydrogens is 196 g/mol. The molecule has 0 heterocycles. The van der Waals surface area contributed by atoms with Gasteiger partial charge in [0, 0.05) is 12.7 Å². The van der Waals surface area contributed by atoms with Crippen LogP contribution in [0.4, 0.5) is 0 Å². The van der Waals surface area contributed by atoms with Crippen LogP contribution in [0.1, 0.15) is 23.6 Å². The predicted octanol–water partition coefficient (Wildman–Crippen LogP) is 2.66. The highest BCUT2D eigenvalue weighted by Gasteiger charge is 2.07. The fourth-order valence-electron chi connectivity index (χ4n) is 1.44. The van der Waals surface area contributed by atoms with Gasteiger partial charge in [0.15, 0.2) is 0 Å². The highest BCUT2D eigenvalue weighted by Crippen LogP contribution is 2.25. The molecule has 0 aliphatic carbocycles. The second kappa shape index (κ2) is 4.51. The third-order valence-corrected chi connectivity index (χ3v) is 2.31. The molecule has 0 spiro atoms. The number of aryl methyl sites for hydroxylation is 2. The van der Waals surface area contributed by atoms with Crippen LogP contribution < -0.4 is 4.74 Å². The van der Waals surface area contributed by atoms with Crippen LogP contribution in [-0.2, 0) is 10.5 Å². The first kappa shape index (κ1) is 11.1. The van der Waals surface area contributed by atoms with E-state index >= 15 is 0 Å². The monoisotopic (exact) mass is 210 g/mol. The van der Waals surface area contributed by atoms with E-state index in [9.17, 15) is 4.79 Å². The molecule has 14 heavy (non-hydrogen) atoms. The molecule has 1 aromatic carbocycles. The van der Waals surface area contributed by atoms with Gasteiger partial charge in [-0.2, -0.15) is 12.6 Å². The van der Waals surface area contributed by atoms with E-state index in [1.807, 2.05) is 26.0 Å². The van der Waals surface area contributed by atoms with Crippen LogP contribution in [0, 0.1) is 13.8 Å². The van der Waals surface area contributed by atoms with Crippen LogP contribution in [0.25, 0.3) is 0 Å². The second-order valence-electron chi connectivity index (χ2n) is 3.31. The number of rotatable bonds is 2. The predicted molar refractivity (Wildman–Crippen MR) is 59.9 cm³/mol. The van der Waals surface area contributed by atoms with E-state index in [1.165, 1.54) is 6.92 Å². The lowest BCUT2D eigenvalue weighted by molar-refractivity contribution is -0.131. The van der Waals surface area contributed by atoms with Gasteiger partial charge in [0.25, 0.3) is 0 Å². The first-order valence-electron chi connectivity index (χ1n) is 4.44. The third kappa shape index (κ3) is 2.51. The molecule has 0 fully saturated rings. The molecule has 0 unspecified atom stereocenters. The summed E-state index contributed by atoms with van der Waals surface area (Å²) in [6.07, 6.45) is 0. The maximum absolute atomic E-state index is 10.8. The van der Waals surface area contributed by atoms with Crippen LogP contribution in [0.5, 0.6) is 5.75 Å². The number of carbonyl (C=O) groups excluding carboxylic acids is 1. The van der Waals surface area contributed by atoms with Crippen LogP contribution in [0.2, 0.25) is 0 Å². The van der Waals surface area contributed by atoms with Crippen molar-refractivity contribution in [3.63, 3.8) is 0 Å². The Balaban J connectivity index is 3.11. The Morgan fingerprint density at radius 2 is 1.86 bits per heavy atom. The average molecular weight is 210 g/mol. The highest BCUT2D eigenvalue weighted by molar-refractivity contribution is 7.79. The zero-order valence-electron chi connectivity index (χ0n) is 8.63. The van der Waals surface area contributed by atoms with E-state index in [4.69, 9.17) is 4.74 Å². The number of ether oxygens (including phenoxy) is 1. The Labute approximate surface area is 89.7 Å². The van der Waals surface area contributed by atoms with Crippen molar-refractivity contribution in [3.05, 3.63) is 28.8 Å². The molecule has 0 aromatic heterocycles. The molecule has 0 amide bonds. The summed E-state index contributed by atoms with van der Waals surface area (Å²) in [5.74, 6) is 1.08. The van der Waals surface area contributed by atoms with Gasteiger partial charge in [0.2, 0.25) is 0 Å². The summed E-state index contributed by atoms with van der Waals surface area (Å²) in [4.78, 5) is 10.8. The second-order valence-corrected chi connectivity index (χ2v) is 3.63. The van der Waals surface area contributed by atoms with Crippen LogP contribution in [0.3, 0.4) is 0 Å². The fraction of sp³-hybridized carbons (Fsp3) is 0.364. The Bertz CT molecular complexity index is 335. The van der Waals surface area contributed by atoms with E-state index < -0.39 is 0 Å². The molecular formula is C11H14O2S. The standard InChI is InChI=1S/C11H14O2S/c1-7-4-10(6-14)5-8(2)11(7)13-9(3)12/h4-5,14H,6H2,1-3H3. The van der Waals surface area contributed by atoms with E-state index in [-0.39, 0.29) is 5.97 Å². The van der Waals surface area contributed by atoms with Gasteiger partial charge in [0.05, 0.1) is 0 Å². The average Bonchev–Trinajstić information content (AvgIpc) is 2.10. The minimum atomic E-state index is -0.283. The Hall–Kier alpha value is -0.960. The summed E-state index contributed by atoms with van der Waals surface area (Å²) in [6, 6.07) is 3.97. The molecule has 0 radical (unpaired) electrons. The molecule has 0 aliphatic heterocycles. The van der Waals surface area contributed by atoms with E-state index in [0.29, 0.717) is 11.5 Å². The molecule has 1 rings (SSSR count). The maximum Gasteiger partial charge on any atom is 0.308 e. The van der Waals surface area contributed by atoms with Gasteiger partial charge >= 0.3 is 5.97 Å². The largest absolute Gasteiger partial charge is 0.426 e. The summed E-state index contributed by atoms with van der Waals surface area (Å²) in [5, 5.41) is 0. The maximum atomic E-state index is 10.8. The number of thiol groups is 1. The SMILES string of the molecule is CC(=O)Oc1c(C)cc(CS)cc1C. The molecule has 3 heteroatoms. The van der Waals surface area contributed by atoms with E-state index in [2.05, 4.69) is 12.6 Å². The van der Waals surface area contributed by atoms with Crippen molar-refractivity contribution in [1.29, 1.82) is 0 Å². The highest BCUT2D eigenvalue weighted by atomic mass is 32.1.